The molecule has 0 spiro atoms. The maximum Gasteiger partial charge on any atom is 0.251 e. The number of nitrogens with zero attached hydrogens (tertiary/aromatic N) is 1. The van der Waals surface area contributed by atoms with Crippen LogP contribution in [0.25, 0.3) is 5.57 Å². The zero-order valence-corrected chi connectivity index (χ0v) is 21.5. The van der Waals surface area contributed by atoms with Gasteiger partial charge in [-0.2, -0.15) is 0 Å². The first-order valence-corrected chi connectivity index (χ1v) is 11.9. The second-order valence-corrected chi connectivity index (χ2v) is 7.71. The lowest BCUT2D eigenvalue weighted by molar-refractivity contribution is 0.0950. The fraction of sp³-hybridized carbons (Fsp3) is 0.267. The lowest BCUT2D eigenvalue weighted by Gasteiger charge is -2.13. The average molecular weight is 475 g/mol. The normalized spacial score (nSPS) is 11.1. The van der Waals surface area contributed by atoms with Crippen LogP contribution >= 0.6 is 0 Å². The molecule has 2 aromatic carbocycles. The molecule has 4 nitrogen and oxygen atoms in total. The van der Waals surface area contributed by atoms with Crippen molar-refractivity contribution in [2.45, 2.75) is 47.6 Å². The van der Waals surface area contributed by atoms with Crippen molar-refractivity contribution in [1.29, 1.82) is 0 Å². The van der Waals surface area contributed by atoms with Gasteiger partial charge in [0.2, 0.25) is 0 Å². The highest BCUT2D eigenvalue weighted by molar-refractivity contribution is 5.95. The summed E-state index contributed by atoms with van der Waals surface area (Å²) in [5, 5.41) is 2.92. The molecule has 0 bridgehead atoms. The van der Waals surface area contributed by atoms with Crippen molar-refractivity contribution in [2.75, 3.05) is 7.11 Å². The van der Waals surface area contributed by atoms with Gasteiger partial charge >= 0.3 is 0 Å². The molecule has 5 heteroatoms. The first kappa shape index (κ1) is 27.5. The topological polar surface area (TPSA) is 51.2 Å². The summed E-state index contributed by atoms with van der Waals surface area (Å²) in [7, 11) is 1.42. The number of carbonyl (C=O) groups is 1. The van der Waals surface area contributed by atoms with E-state index >= 15 is 0 Å². The lowest BCUT2D eigenvalue weighted by atomic mass is 9.96. The maximum atomic E-state index is 13.6. The van der Waals surface area contributed by atoms with E-state index in [1.54, 1.807) is 12.1 Å². The summed E-state index contributed by atoms with van der Waals surface area (Å²) in [6.45, 7) is 10.2. The molecule has 3 rings (SSSR count). The number of rotatable bonds is 8. The summed E-state index contributed by atoms with van der Waals surface area (Å²) >= 11 is 0. The SMILES string of the molecule is C/C=C\C(=C/C)c1cc(Cc2cccc(C(=O)NCc3ccc(F)c(OC)c3)c2C)ccn1.CC. The zero-order chi connectivity index (χ0) is 25.8. The third kappa shape index (κ3) is 7.38. The minimum Gasteiger partial charge on any atom is -0.494 e. The van der Waals surface area contributed by atoms with Gasteiger partial charge < -0.3 is 10.1 Å². The molecule has 0 saturated carbocycles. The third-order valence-electron chi connectivity index (χ3n) is 5.53. The molecule has 1 amide bonds. The number of nitrogens with one attached hydrogen (secondary N) is 1. The Hall–Kier alpha value is -3.73. The Morgan fingerprint density at radius 2 is 1.86 bits per heavy atom. The summed E-state index contributed by atoms with van der Waals surface area (Å²) in [6.07, 6.45) is 8.60. The highest BCUT2D eigenvalue weighted by atomic mass is 19.1. The van der Waals surface area contributed by atoms with E-state index in [1.165, 1.54) is 13.2 Å². The van der Waals surface area contributed by atoms with Crippen LogP contribution in [0.2, 0.25) is 0 Å². The maximum absolute atomic E-state index is 13.6. The number of aromatic nitrogens is 1. The Morgan fingerprint density at radius 3 is 2.54 bits per heavy atom. The number of allylic oxidation sites excluding steroid dienone is 4. The molecule has 1 N–H and O–H groups in total. The van der Waals surface area contributed by atoms with Gasteiger partial charge in [-0.05, 0) is 85.4 Å². The van der Waals surface area contributed by atoms with E-state index in [0.717, 1.165) is 33.5 Å². The molecule has 0 saturated heterocycles. The summed E-state index contributed by atoms with van der Waals surface area (Å²) in [4.78, 5) is 17.4. The number of hydrogen-bond donors (Lipinski definition) is 1. The molecule has 0 aliphatic rings. The Kier molecular flexibility index (Phi) is 10.9. The summed E-state index contributed by atoms with van der Waals surface area (Å²) < 4.78 is 18.6. The molecule has 3 aromatic rings. The van der Waals surface area contributed by atoms with Crippen LogP contribution in [0.3, 0.4) is 0 Å². The van der Waals surface area contributed by atoms with Crippen LogP contribution in [0, 0.1) is 12.7 Å². The molecular formula is C30H35FN2O2. The van der Waals surface area contributed by atoms with Crippen molar-refractivity contribution in [3.05, 3.63) is 112 Å². The molecule has 0 atom stereocenters. The standard InChI is InChI=1S/C28H29FN2O2.C2H6/c1-5-8-22(6-2)26-16-20(13-14-30-26)15-23-9-7-10-24(19(23)3)28(32)31-18-21-11-12-25(29)27(17-21)33-4;1-2/h5-14,16-17H,15,18H2,1-4H3,(H,31,32);1-2H3/b8-5-,22-6+;. The van der Waals surface area contributed by atoms with Crippen molar-refractivity contribution in [3.8, 4) is 5.75 Å². The highest BCUT2D eigenvalue weighted by Gasteiger charge is 2.13. The number of hydrogen-bond acceptors (Lipinski definition) is 3. The van der Waals surface area contributed by atoms with Crippen LogP contribution in [-0.4, -0.2) is 18.0 Å². The summed E-state index contributed by atoms with van der Waals surface area (Å²) in [6, 6.07) is 14.4. The van der Waals surface area contributed by atoms with Gasteiger partial charge in [0.15, 0.2) is 11.6 Å². The fourth-order valence-electron chi connectivity index (χ4n) is 3.68. The molecule has 1 heterocycles. The van der Waals surface area contributed by atoms with Crippen molar-refractivity contribution in [2.24, 2.45) is 0 Å². The van der Waals surface area contributed by atoms with Crippen LogP contribution in [0.4, 0.5) is 4.39 Å². The Bertz CT molecular complexity index is 1200. The third-order valence-corrected chi connectivity index (χ3v) is 5.53. The number of halogens is 1. The monoisotopic (exact) mass is 474 g/mol. The van der Waals surface area contributed by atoms with E-state index < -0.39 is 5.82 Å². The first-order valence-electron chi connectivity index (χ1n) is 11.9. The second-order valence-electron chi connectivity index (χ2n) is 7.71. The molecular weight excluding hydrogens is 439 g/mol. The largest absolute Gasteiger partial charge is 0.494 e. The van der Waals surface area contributed by atoms with Gasteiger partial charge in [-0.15, -0.1) is 0 Å². The predicted molar refractivity (Wildman–Crippen MR) is 142 cm³/mol. The van der Waals surface area contributed by atoms with Crippen LogP contribution < -0.4 is 10.1 Å². The Balaban J connectivity index is 0.00000210. The first-order chi connectivity index (χ1) is 17.0. The summed E-state index contributed by atoms with van der Waals surface area (Å²) in [5.41, 5.74) is 6.53. The fourth-order valence-corrected chi connectivity index (χ4v) is 3.68. The van der Waals surface area contributed by atoms with E-state index in [0.29, 0.717) is 12.0 Å². The van der Waals surface area contributed by atoms with Crippen molar-refractivity contribution in [3.63, 3.8) is 0 Å². The van der Waals surface area contributed by atoms with E-state index in [4.69, 9.17) is 4.74 Å². The number of ether oxygens (including phenoxy) is 1. The molecule has 35 heavy (non-hydrogen) atoms. The molecule has 0 aliphatic carbocycles. The second kappa shape index (κ2) is 13.9. The van der Waals surface area contributed by atoms with Crippen molar-refractivity contribution in [1.82, 2.24) is 10.3 Å². The molecule has 0 aliphatic heterocycles. The van der Waals surface area contributed by atoms with Crippen LogP contribution in [0.5, 0.6) is 5.75 Å². The van der Waals surface area contributed by atoms with Crippen LogP contribution in [0.15, 0.2) is 73.0 Å². The number of benzene rings is 2. The van der Waals surface area contributed by atoms with Gasteiger partial charge in [-0.3, -0.25) is 9.78 Å². The molecule has 0 unspecified atom stereocenters. The van der Waals surface area contributed by atoms with Gasteiger partial charge in [-0.25, -0.2) is 4.39 Å². The summed E-state index contributed by atoms with van der Waals surface area (Å²) in [5.74, 6) is -0.438. The Morgan fingerprint density at radius 1 is 1.09 bits per heavy atom. The van der Waals surface area contributed by atoms with Gasteiger partial charge in [0.25, 0.3) is 5.91 Å². The van der Waals surface area contributed by atoms with Gasteiger partial charge in [-0.1, -0.05) is 50.3 Å². The van der Waals surface area contributed by atoms with E-state index in [2.05, 4.69) is 16.4 Å². The van der Waals surface area contributed by atoms with E-state index in [-0.39, 0.29) is 18.2 Å². The average Bonchev–Trinajstić information content (AvgIpc) is 2.89. The van der Waals surface area contributed by atoms with E-state index in [1.807, 2.05) is 83.3 Å². The van der Waals surface area contributed by atoms with Gasteiger partial charge in [0.1, 0.15) is 0 Å². The molecule has 0 radical (unpaired) electrons. The van der Waals surface area contributed by atoms with Crippen molar-refractivity contribution < 1.29 is 13.9 Å². The molecule has 0 fully saturated rings. The van der Waals surface area contributed by atoms with E-state index in [9.17, 15) is 9.18 Å². The highest BCUT2D eigenvalue weighted by Crippen LogP contribution is 2.21. The van der Waals surface area contributed by atoms with Gasteiger partial charge in [0, 0.05) is 18.3 Å². The Labute approximate surface area is 208 Å². The van der Waals surface area contributed by atoms with Crippen LogP contribution in [0.1, 0.15) is 66.0 Å². The number of carbonyl (C=O) groups excluding carboxylic acids is 1. The minimum absolute atomic E-state index is 0.159. The predicted octanol–water partition coefficient (Wildman–Crippen LogP) is 7.06. The minimum atomic E-state index is -0.428. The smallest absolute Gasteiger partial charge is 0.251 e. The number of amides is 1. The lowest BCUT2D eigenvalue weighted by Crippen LogP contribution is -2.24. The molecule has 1 aromatic heterocycles. The number of methoxy groups -OCH3 is 1. The number of pyridine rings is 1. The van der Waals surface area contributed by atoms with Crippen LogP contribution in [-0.2, 0) is 13.0 Å². The van der Waals surface area contributed by atoms with Crippen molar-refractivity contribution >= 4 is 11.5 Å². The zero-order valence-electron chi connectivity index (χ0n) is 21.5. The molecule has 184 valence electrons. The van der Waals surface area contributed by atoms with Gasteiger partial charge in [0.05, 0.1) is 12.8 Å². The quantitative estimate of drug-likeness (QED) is 0.355.